The minimum atomic E-state index is -0.411. The second-order valence-electron chi connectivity index (χ2n) is 5.57. The smallest absolute Gasteiger partial charge is 0.180 e. The van der Waals surface area contributed by atoms with Crippen molar-refractivity contribution in [3.05, 3.63) is 29.6 Å². The first-order chi connectivity index (χ1) is 10.1. The Labute approximate surface area is 125 Å². The number of hydrogen-bond donors (Lipinski definition) is 1. The van der Waals surface area contributed by atoms with Crippen molar-refractivity contribution in [2.45, 2.75) is 12.8 Å². The molecule has 2 rings (SSSR count). The van der Waals surface area contributed by atoms with Crippen LogP contribution in [-0.4, -0.2) is 51.0 Å². The maximum Gasteiger partial charge on any atom is 0.180 e. The highest BCUT2D eigenvalue weighted by atomic mass is 19.1. The molecule has 0 aromatic heterocycles. The average molecular weight is 294 g/mol. The number of Topliss-reactive ketones (excluding diaryl/α,β-unsaturated/α-hetero) is 1. The van der Waals surface area contributed by atoms with Gasteiger partial charge in [0, 0.05) is 6.54 Å². The van der Waals surface area contributed by atoms with Crippen LogP contribution in [0.2, 0.25) is 0 Å². The second kappa shape index (κ2) is 7.52. The van der Waals surface area contributed by atoms with Gasteiger partial charge in [-0.3, -0.25) is 9.69 Å². The van der Waals surface area contributed by atoms with Gasteiger partial charge in [0.1, 0.15) is 11.6 Å². The van der Waals surface area contributed by atoms with Crippen molar-refractivity contribution in [3.63, 3.8) is 0 Å². The van der Waals surface area contributed by atoms with Gasteiger partial charge in [-0.15, -0.1) is 0 Å². The molecule has 1 aromatic carbocycles. The van der Waals surface area contributed by atoms with E-state index in [0.29, 0.717) is 23.8 Å². The van der Waals surface area contributed by atoms with E-state index in [0.717, 1.165) is 26.1 Å². The third kappa shape index (κ3) is 4.25. The lowest BCUT2D eigenvalue weighted by molar-refractivity contribution is 0.0883. The third-order valence-corrected chi connectivity index (χ3v) is 3.93. The predicted octanol–water partition coefficient (Wildman–Crippen LogP) is 1.95. The van der Waals surface area contributed by atoms with Crippen molar-refractivity contribution >= 4 is 5.78 Å². The normalized spacial score (nSPS) is 19.5. The average Bonchev–Trinajstić information content (AvgIpc) is 2.48. The molecule has 0 aliphatic carbocycles. The molecule has 0 saturated carbocycles. The van der Waals surface area contributed by atoms with E-state index in [-0.39, 0.29) is 5.78 Å². The Bertz CT molecular complexity index is 491. The van der Waals surface area contributed by atoms with Gasteiger partial charge in [0.15, 0.2) is 5.78 Å². The molecule has 1 N–H and O–H groups in total. The number of ether oxygens (including phenoxy) is 1. The highest BCUT2D eigenvalue weighted by molar-refractivity contribution is 6.00. The molecular formula is C16H23FN2O2. The molecule has 4 nitrogen and oxygen atoms in total. The number of rotatable bonds is 6. The molecule has 1 unspecified atom stereocenters. The van der Waals surface area contributed by atoms with E-state index in [1.165, 1.54) is 31.7 Å². The SMILES string of the molecule is CNCC1CCCN(CC(=O)c2cc(F)ccc2OC)C1. The van der Waals surface area contributed by atoms with Crippen LogP contribution in [0.15, 0.2) is 18.2 Å². The lowest BCUT2D eigenvalue weighted by Crippen LogP contribution is -2.41. The minimum absolute atomic E-state index is 0.0866. The molecule has 1 atom stereocenters. The highest BCUT2D eigenvalue weighted by Gasteiger charge is 2.23. The zero-order valence-electron chi connectivity index (χ0n) is 12.7. The Kier molecular flexibility index (Phi) is 5.70. The second-order valence-corrected chi connectivity index (χ2v) is 5.57. The van der Waals surface area contributed by atoms with Gasteiger partial charge in [-0.2, -0.15) is 0 Å². The first kappa shape index (κ1) is 15.9. The summed E-state index contributed by atoms with van der Waals surface area (Å²) in [6.45, 7) is 3.11. The van der Waals surface area contributed by atoms with Crippen molar-refractivity contribution in [1.82, 2.24) is 10.2 Å². The van der Waals surface area contributed by atoms with E-state index in [2.05, 4.69) is 10.2 Å². The van der Waals surface area contributed by atoms with Gasteiger partial charge in [-0.05, 0) is 57.1 Å². The van der Waals surface area contributed by atoms with Crippen molar-refractivity contribution in [1.29, 1.82) is 0 Å². The predicted molar refractivity (Wildman–Crippen MR) is 80.4 cm³/mol. The van der Waals surface area contributed by atoms with Crippen LogP contribution in [0.25, 0.3) is 0 Å². The van der Waals surface area contributed by atoms with Crippen LogP contribution in [0.4, 0.5) is 4.39 Å². The number of ketones is 1. The molecule has 1 aliphatic heterocycles. The zero-order valence-corrected chi connectivity index (χ0v) is 12.7. The lowest BCUT2D eigenvalue weighted by Gasteiger charge is -2.32. The number of benzene rings is 1. The molecule has 1 saturated heterocycles. The van der Waals surface area contributed by atoms with Crippen LogP contribution >= 0.6 is 0 Å². The van der Waals surface area contributed by atoms with Gasteiger partial charge in [0.2, 0.25) is 0 Å². The number of nitrogens with one attached hydrogen (secondary N) is 1. The first-order valence-electron chi connectivity index (χ1n) is 7.37. The summed E-state index contributed by atoms with van der Waals surface area (Å²) in [4.78, 5) is 14.6. The van der Waals surface area contributed by atoms with Crippen LogP contribution in [0.5, 0.6) is 5.75 Å². The standard InChI is InChI=1S/C16H23FN2O2/c1-18-9-12-4-3-7-19(10-12)11-15(20)14-8-13(17)5-6-16(14)21-2/h5-6,8,12,18H,3-4,7,9-11H2,1-2H3. The van der Waals surface area contributed by atoms with Gasteiger partial charge in [-0.1, -0.05) is 0 Å². The molecule has 0 spiro atoms. The van der Waals surface area contributed by atoms with Gasteiger partial charge in [0.05, 0.1) is 19.2 Å². The number of carbonyl (C=O) groups excluding carboxylic acids is 1. The number of carbonyl (C=O) groups is 1. The number of likely N-dealkylation sites (tertiary alicyclic amines) is 1. The van der Waals surface area contributed by atoms with Crippen LogP contribution < -0.4 is 10.1 Å². The van der Waals surface area contributed by atoms with E-state index in [4.69, 9.17) is 4.74 Å². The Hall–Kier alpha value is -1.46. The Morgan fingerprint density at radius 3 is 3.05 bits per heavy atom. The van der Waals surface area contributed by atoms with E-state index >= 15 is 0 Å². The Morgan fingerprint density at radius 1 is 1.52 bits per heavy atom. The maximum atomic E-state index is 13.4. The molecule has 0 bridgehead atoms. The van der Waals surface area contributed by atoms with Crippen LogP contribution in [0.1, 0.15) is 23.2 Å². The molecule has 0 radical (unpaired) electrons. The summed E-state index contributed by atoms with van der Waals surface area (Å²) < 4.78 is 18.5. The number of nitrogens with zero attached hydrogens (tertiary/aromatic N) is 1. The molecule has 0 amide bonds. The number of methoxy groups -OCH3 is 1. The summed E-state index contributed by atoms with van der Waals surface area (Å²) in [5, 5.41) is 3.19. The zero-order chi connectivity index (χ0) is 15.2. The topological polar surface area (TPSA) is 41.6 Å². The summed E-state index contributed by atoms with van der Waals surface area (Å²) in [5.41, 5.74) is 0.327. The Morgan fingerprint density at radius 2 is 2.33 bits per heavy atom. The van der Waals surface area contributed by atoms with E-state index in [1.807, 2.05) is 7.05 Å². The summed E-state index contributed by atoms with van der Waals surface area (Å²) in [5.74, 6) is 0.512. The fourth-order valence-corrected chi connectivity index (χ4v) is 2.94. The molecule has 116 valence electrons. The van der Waals surface area contributed by atoms with Crippen LogP contribution in [0.3, 0.4) is 0 Å². The lowest BCUT2D eigenvalue weighted by atomic mass is 9.97. The van der Waals surface area contributed by atoms with Gasteiger partial charge < -0.3 is 10.1 Å². The molecule has 1 fully saturated rings. The van der Waals surface area contributed by atoms with Crippen molar-refractivity contribution in [2.75, 3.05) is 40.3 Å². The fourth-order valence-electron chi connectivity index (χ4n) is 2.94. The summed E-state index contributed by atoms with van der Waals surface area (Å²) in [6, 6.07) is 4.07. The van der Waals surface area contributed by atoms with E-state index < -0.39 is 5.82 Å². The van der Waals surface area contributed by atoms with E-state index in [1.54, 1.807) is 0 Å². The summed E-state index contributed by atoms with van der Waals surface area (Å²) in [7, 11) is 3.44. The molecular weight excluding hydrogens is 271 g/mol. The number of hydrogen-bond acceptors (Lipinski definition) is 4. The summed E-state index contributed by atoms with van der Waals surface area (Å²) in [6.07, 6.45) is 2.29. The molecule has 1 aliphatic rings. The molecule has 1 aromatic rings. The maximum absolute atomic E-state index is 13.4. The quantitative estimate of drug-likeness (QED) is 0.814. The molecule has 21 heavy (non-hydrogen) atoms. The van der Waals surface area contributed by atoms with E-state index in [9.17, 15) is 9.18 Å². The van der Waals surface area contributed by atoms with Gasteiger partial charge in [-0.25, -0.2) is 4.39 Å². The van der Waals surface area contributed by atoms with Crippen molar-refractivity contribution < 1.29 is 13.9 Å². The molecule has 1 heterocycles. The minimum Gasteiger partial charge on any atom is -0.496 e. The van der Waals surface area contributed by atoms with Crippen LogP contribution in [-0.2, 0) is 0 Å². The molecule has 5 heteroatoms. The van der Waals surface area contributed by atoms with Crippen molar-refractivity contribution in [3.8, 4) is 5.75 Å². The van der Waals surface area contributed by atoms with Gasteiger partial charge >= 0.3 is 0 Å². The summed E-state index contributed by atoms with van der Waals surface area (Å²) >= 11 is 0. The van der Waals surface area contributed by atoms with Crippen LogP contribution in [0, 0.1) is 11.7 Å². The van der Waals surface area contributed by atoms with Gasteiger partial charge in [0.25, 0.3) is 0 Å². The Balaban J connectivity index is 2.02. The third-order valence-electron chi connectivity index (χ3n) is 3.93. The number of halogens is 1. The first-order valence-corrected chi connectivity index (χ1v) is 7.37. The fraction of sp³-hybridized carbons (Fsp3) is 0.562. The monoisotopic (exact) mass is 294 g/mol. The number of piperidine rings is 1. The van der Waals surface area contributed by atoms with Crippen molar-refractivity contribution in [2.24, 2.45) is 5.92 Å². The highest BCUT2D eigenvalue weighted by Crippen LogP contribution is 2.21. The largest absolute Gasteiger partial charge is 0.496 e.